The molecule has 0 radical (unpaired) electrons. The number of thioether (sulfide) groups is 2. The third kappa shape index (κ3) is 3.14. The van der Waals surface area contributed by atoms with Crippen molar-refractivity contribution in [1.29, 1.82) is 0 Å². The van der Waals surface area contributed by atoms with Crippen LogP contribution >= 0.6 is 46.4 Å². The Morgan fingerprint density at radius 2 is 1.94 bits per heavy atom. The molecule has 3 nitrogen and oxygen atoms in total. The van der Waals surface area contributed by atoms with Crippen molar-refractivity contribution in [3.05, 3.63) is 0 Å². The van der Waals surface area contributed by atoms with Crippen molar-refractivity contribution in [2.45, 2.75) is 42.8 Å². The largest absolute Gasteiger partial charge is 0.378 e. The summed E-state index contributed by atoms with van der Waals surface area (Å²) in [5, 5.41) is 11.2. The Morgan fingerprint density at radius 1 is 1.22 bits per heavy atom. The molecule has 0 aromatic heterocycles. The lowest BCUT2D eigenvalue weighted by Crippen LogP contribution is -2.55. The minimum atomic E-state index is -0.205. The molecule has 0 aromatic carbocycles. The van der Waals surface area contributed by atoms with E-state index in [1.165, 1.54) is 30.1 Å². The van der Waals surface area contributed by atoms with Crippen LogP contribution in [-0.4, -0.2) is 67.0 Å². The first-order valence-electron chi connectivity index (χ1n) is 6.79. The fourth-order valence-corrected chi connectivity index (χ4v) is 7.05. The molecule has 0 aliphatic carbocycles. The van der Waals surface area contributed by atoms with Gasteiger partial charge in [0.1, 0.15) is 6.23 Å². The highest BCUT2D eigenvalue weighted by Gasteiger charge is 2.42. The maximum Gasteiger partial charge on any atom is 0.109 e. The van der Waals surface area contributed by atoms with Gasteiger partial charge in [-0.1, -0.05) is 0 Å². The number of halogens is 1. The third-order valence-electron chi connectivity index (χ3n) is 4.20. The molecular formula is C12H21IN2OS2. The topological polar surface area (TPSA) is 26.7 Å². The minimum Gasteiger partial charge on any atom is -0.378 e. The molecule has 2 bridgehead atoms. The van der Waals surface area contributed by atoms with Crippen LogP contribution in [0.15, 0.2) is 0 Å². The fourth-order valence-electron chi connectivity index (χ4n) is 3.40. The zero-order chi connectivity index (χ0) is 12.5. The number of hydrogen-bond acceptors (Lipinski definition) is 5. The standard InChI is InChI=1S/C12H21IN2OS2/c13-14-6-9-1-2-10(7-14)15(9)12(16)5-11-8-17-3-4-18-11/h9-12,16H,1-8H2. The van der Waals surface area contributed by atoms with E-state index in [9.17, 15) is 5.11 Å². The Bertz CT molecular complexity index is 277. The zero-order valence-corrected chi connectivity index (χ0v) is 14.3. The van der Waals surface area contributed by atoms with Crippen LogP contribution in [0.5, 0.6) is 0 Å². The van der Waals surface area contributed by atoms with E-state index in [-0.39, 0.29) is 6.23 Å². The highest BCUT2D eigenvalue weighted by molar-refractivity contribution is 14.1. The number of rotatable bonds is 3. The zero-order valence-electron chi connectivity index (χ0n) is 10.5. The lowest BCUT2D eigenvalue weighted by atomic mass is 10.1. The molecule has 1 N–H and O–H groups in total. The van der Waals surface area contributed by atoms with E-state index in [2.05, 4.69) is 42.6 Å². The first kappa shape index (κ1) is 14.3. The molecular weight excluding hydrogens is 379 g/mol. The van der Waals surface area contributed by atoms with Crippen LogP contribution in [0.25, 0.3) is 0 Å². The number of hydrogen-bond donors (Lipinski definition) is 1. The quantitative estimate of drug-likeness (QED) is 0.578. The summed E-state index contributed by atoms with van der Waals surface area (Å²) < 4.78 is 2.40. The Labute approximate surface area is 132 Å². The van der Waals surface area contributed by atoms with Crippen LogP contribution < -0.4 is 0 Å². The van der Waals surface area contributed by atoms with Crippen molar-refractivity contribution >= 4 is 46.4 Å². The lowest BCUT2D eigenvalue weighted by molar-refractivity contribution is -0.0531. The van der Waals surface area contributed by atoms with Crippen LogP contribution in [0.1, 0.15) is 19.3 Å². The second kappa shape index (κ2) is 6.39. The Balaban J connectivity index is 1.57. The molecule has 3 aliphatic heterocycles. The normalized spacial score (nSPS) is 40.0. The van der Waals surface area contributed by atoms with Crippen LogP contribution in [0.4, 0.5) is 0 Å². The molecule has 104 valence electrons. The van der Waals surface area contributed by atoms with E-state index in [1.54, 1.807) is 0 Å². The molecule has 6 heteroatoms. The average molecular weight is 400 g/mol. The van der Waals surface area contributed by atoms with E-state index in [0.717, 1.165) is 19.5 Å². The lowest BCUT2D eigenvalue weighted by Gasteiger charge is -2.42. The SMILES string of the molecule is OC(CC1CSCCS1)N1C2CCC1CN(I)C2. The number of aliphatic hydroxyl groups is 1. The predicted octanol–water partition coefficient (Wildman–Crippen LogP) is 2.04. The summed E-state index contributed by atoms with van der Waals surface area (Å²) in [5.41, 5.74) is 0. The van der Waals surface area contributed by atoms with Gasteiger partial charge in [-0.3, -0.25) is 4.90 Å². The number of piperazine rings is 1. The van der Waals surface area contributed by atoms with E-state index in [0.29, 0.717) is 17.3 Å². The first-order valence-corrected chi connectivity index (χ1v) is 9.96. The van der Waals surface area contributed by atoms with Gasteiger partial charge in [-0.05, 0) is 19.3 Å². The number of aliphatic hydroxyl groups excluding tert-OH is 1. The summed E-state index contributed by atoms with van der Waals surface area (Å²) in [5.74, 6) is 3.77. The Morgan fingerprint density at radius 3 is 2.56 bits per heavy atom. The summed E-state index contributed by atoms with van der Waals surface area (Å²) in [4.78, 5) is 2.43. The molecule has 3 heterocycles. The summed E-state index contributed by atoms with van der Waals surface area (Å²) in [7, 11) is 0. The van der Waals surface area contributed by atoms with E-state index >= 15 is 0 Å². The summed E-state index contributed by atoms with van der Waals surface area (Å²) in [6.45, 7) is 2.25. The minimum absolute atomic E-state index is 0.205. The monoisotopic (exact) mass is 400 g/mol. The number of nitrogens with zero attached hydrogens (tertiary/aromatic N) is 2. The van der Waals surface area contributed by atoms with E-state index < -0.39 is 0 Å². The van der Waals surface area contributed by atoms with Crippen LogP contribution in [0.2, 0.25) is 0 Å². The van der Waals surface area contributed by atoms with Crippen LogP contribution in [-0.2, 0) is 0 Å². The van der Waals surface area contributed by atoms with Crippen molar-refractivity contribution < 1.29 is 5.11 Å². The molecule has 4 unspecified atom stereocenters. The Hall–Kier alpha value is 1.31. The molecule has 0 aromatic rings. The van der Waals surface area contributed by atoms with Crippen molar-refractivity contribution in [1.82, 2.24) is 8.01 Å². The van der Waals surface area contributed by atoms with Gasteiger partial charge >= 0.3 is 0 Å². The maximum absolute atomic E-state index is 10.6. The molecule has 0 amide bonds. The average Bonchev–Trinajstić information content (AvgIpc) is 2.63. The maximum atomic E-state index is 10.6. The van der Waals surface area contributed by atoms with Crippen molar-refractivity contribution in [3.8, 4) is 0 Å². The highest BCUT2D eigenvalue weighted by atomic mass is 127. The molecule has 3 aliphatic rings. The second-order valence-corrected chi connectivity index (χ2v) is 9.37. The fraction of sp³-hybridized carbons (Fsp3) is 1.00. The van der Waals surface area contributed by atoms with Crippen LogP contribution in [0, 0.1) is 0 Å². The van der Waals surface area contributed by atoms with E-state index in [4.69, 9.17) is 0 Å². The molecule has 0 saturated carbocycles. The van der Waals surface area contributed by atoms with Gasteiger partial charge in [0.25, 0.3) is 0 Å². The van der Waals surface area contributed by atoms with E-state index in [1.807, 2.05) is 11.8 Å². The third-order valence-corrected chi connectivity index (χ3v) is 7.86. The smallest absolute Gasteiger partial charge is 0.109 e. The molecule has 3 fully saturated rings. The van der Waals surface area contributed by atoms with Crippen molar-refractivity contribution in [2.75, 3.05) is 30.3 Å². The van der Waals surface area contributed by atoms with Crippen molar-refractivity contribution in [2.24, 2.45) is 0 Å². The summed E-state index contributed by atoms with van der Waals surface area (Å²) in [6.07, 6.45) is 3.30. The number of fused-ring (bicyclic) bond motifs is 2. The highest BCUT2D eigenvalue weighted by Crippen LogP contribution is 2.35. The summed E-state index contributed by atoms with van der Waals surface area (Å²) >= 11 is 6.54. The van der Waals surface area contributed by atoms with Gasteiger partial charge in [-0.15, -0.1) is 0 Å². The van der Waals surface area contributed by atoms with Gasteiger partial charge < -0.3 is 5.11 Å². The molecule has 4 atom stereocenters. The van der Waals surface area contributed by atoms with Gasteiger partial charge in [-0.2, -0.15) is 23.5 Å². The molecule has 18 heavy (non-hydrogen) atoms. The van der Waals surface area contributed by atoms with Gasteiger partial charge in [-0.25, -0.2) is 3.11 Å². The molecule has 3 saturated heterocycles. The van der Waals surface area contributed by atoms with Gasteiger partial charge in [0.05, 0.1) is 0 Å². The van der Waals surface area contributed by atoms with Gasteiger partial charge in [0.15, 0.2) is 0 Å². The van der Waals surface area contributed by atoms with Gasteiger partial charge in [0, 0.05) is 70.5 Å². The second-order valence-electron chi connectivity index (χ2n) is 5.44. The van der Waals surface area contributed by atoms with Crippen LogP contribution in [0.3, 0.4) is 0 Å². The Kier molecular flexibility index (Phi) is 5.06. The first-order chi connectivity index (χ1) is 8.74. The predicted molar refractivity (Wildman–Crippen MR) is 88.4 cm³/mol. The molecule has 0 spiro atoms. The van der Waals surface area contributed by atoms with Crippen molar-refractivity contribution in [3.63, 3.8) is 0 Å². The summed E-state index contributed by atoms with van der Waals surface area (Å²) in [6, 6.07) is 1.19. The van der Waals surface area contributed by atoms with Gasteiger partial charge in [0.2, 0.25) is 0 Å². The molecule has 3 rings (SSSR count).